The molecule has 1 aromatic rings. The molecule has 1 aromatic carbocycles. The van der Waals surface area contributed by atoms with E-state index in [1.54, 1.807) is 12.1 Å². The lowest BCUT2D eigenvalue weighted by atomic mass is 10.1. The largest absolute Gasteiger partial charge is 0.366 e. The first-order valence-corrected chi connectivity index (χ1v) is 6.70. The topological polar surface area (TPSA) is 20.3 Å². The van der Waals surface area contributed by atoms with E-state index in [9.17, 15) is 9.18 Å². The molecule has 1 heterocycles. The second-order valence-electron chi connectivity index (χ2n) is 4.46. The molecule has 0 N–H and O–H groups in total. The molecule has 2 atom stereocenters. The monoisotopic (exact) mass is 253 g/mol. The Morgan fingerprint density at radius 2 is 2.00 bits per heavy atom. The van der Waals surface area contributed by atoms with Crippen molar-refractivity contribution in [1.29, 1.82) is 0 Å². The molecule has 2 nitrogen and oxygen atoms in total. The summed E-state index contributed by atoms with van der Waals surface area (Å²) in [4.78, 5) is 13.0. The minimum absolute atomic E-state index is 0.305. The van der Waals surface area contributed by atoms with Gasteiger partial charge in [-0.2, -0.15) is 11.8 Å². The first kappa shape index (κ1) is 12.4. The summed E-state index contributed by atoms with van der Waals surface area (Å²) in [5.41, 5.74) is 0.901. The van der Waals surface area contributed by atoms with Crippen molar-refractivity contribution < 1.29 is 9.18 Å². The lowest BCUT2D eigenvalue weighted by Gasteiger charge is -2.36. The third kappa shape index (κ3) is 2.63. The molecular weight excluding hydrogens is 237 g/mol. The maximum absolute atomic E-state index is 13.9. The highest BCUT2D eigenvalue weighted by molar-refractivity contribution is 8.00. The van der Waals surface area contributed by atoms with Crippen LogP contribution < -0.4 is 4.90 Å². The van der Waals surface area contributed by atoms with E-state index in [2.05, 4.69) is 13.8 Å². The highest BCUT2D eigenvalue weighted by Gasteiger charge is 2.25. The lowest BCUT2D eigenvalue weighted by molar-refractivity contribution is 0.112. The van der Waals surface area contributed by atoms with E-state index in [1.165, 1.54) is 6.07 Å². The molecule has 0 saturated carbocycles. The van der Waals surface area contributed by atoms with Crippen LogP contribution in [-0.2, 0) is 0 Å². The number of benzene rings is 1. The Bertz CT molecular complexity index is 414. The maximum atomic E-state index is 13.9. The van der Waals surface area contributed by atoms with Crippen LogP contribution in [0.4, 0.5) is 10.1 Å². The lowest BCUT2D eigenvalue weighted by Crippen LogP contribution is -2.41. The van der Waals surface area contributed by atoms with Crippen molar-refractivity contribution in [2.75, 3.05) is 18.0 Å². The molecular formula is C13H16FNOS. The number of rotatable bonds is 2. The summed E-state index contributed by atoms with van der Waals surface area (Å²) in [5, 5.41) is 0.913. The van der Waals surface area contributed by atoms with Gasteiger partial charge < -0.3 is 4.90 Å². The van der Waals surface area contributed by atoms with Crippen LogP contribution in [-0.4, -0.2) is 29.9 Å². The molecule has 1 fully saturated rings. The Kier molecular flexibility index (Phi) is 3.72. The van der Waals surface area contributed by atoms with Crippen LogP contribution in [0.5, 0.6) is 0 Å². The zero-order valence-electron chi connectivity index (χ0n) is 10.0. The Morgan fingerprint density at radius 1 is 1.35 bits per heavy atom. The second kappa shape index (κ2) is 5.08. The van der Waals surface area contributed by atoms with Crippen molar-refractivity contribution in [3.05, 3.63) is 29.6 Å². The number of anilines is 1. The van der Waals surface area contributed by atoms with Crippen molar-refractivity contribution in [3.63, 3.8) is 0 Å². The highest BCUT2D eigenvalue weighted by Crippen LogP contribution is 2.31. The second-order valence-corrected chi connectivity index (χ2v) is 6.34. The molecule has 2 rings (SSSR count). The van der Waals surface area contributed by atoms with Crippen molar-refractivity contribution >= 4 is 23.7 Å². The zero-order valence-corrected chi connectivity index (χ0v) is 10.8. The molecule has 1 saturated heterocycles. The summed E-state index contributed by atoms with van der Waals surface area (Å²) in [5.74, 6) is -0.305. The summed E-state index contributed by atoms with van der Waals surface area (Å²) in [6.45, 7) is 5.84. The fourth-order valence-electron chi connectivity index (χ4n) is 2.32. The number of para-hydroxylation sites is 1. The van der Waals surface area contributed by atoms with E-state index < -0.39 is 0 Å². The van der Waals surface area contributed by atoms with Gasteiger partial charge >= 0.3 is 0 Å². The van der Waals surface area contributed by atoms with E-state index in [1.807, 2.05) is 16.7 Å². The van der Waals surface area contributed by atoms with Gasteiger partial charge in [0.15, 0.2) is 6.29 Å². The predicted molar refractivity (Wildman–Crippen MR) is 70.5 cm³/mol. The van der Waals surface area contributed by atoms with E-state index in [0.29, 0.717) is 21.8 Å². The van der Waals surface area contributed by atoms with Crippen LogP contribution in [0.25, 0.3) is 0 Å². The van der Waals surface area contributed by atoms with Crippen molar-refractivity contribution in [3.8, 4) is 0 Å². The summed E-state index contributed by atoms with van der Waals surface area (Å²) in [7, 11) is 0. The molecule has 0 bridgehead atoms. The number of halogens is 1. The summed E-state index contributed by atoms with van der Waals surface area (Å²) < 4.78 is 13.9. The van der Waals surface area contributed by atoms with Crippen LogP contribution in [0.2, 0.25) is 0 Å². The smallest absolute Gasteiger partial charge is 0.152 e. The highest BCUT2D eigenvalue weighted by atomic mass is 32.2. The van der Waals surface area contributed by atoms with E-state index >= 15 is 0 Å². The first-order chi connectivity index (χ1) is 8.11. The standard InChI is InChI=1S/C13H16FNOS/c1-9-6-15(7-10(2)17-9)13-11(8-16)4-3-5-12(13)14/h3-5,8-10H,6-7H2,1-2H3. The summed E-state index contributed by atoms with van der Waals surface area (Å²) >= 11 is 1.91. The number of nitrogens with zero attached hydrogens (tertiary/aromatic N) is 1. The molecule has 0 aromatic heterocycles. The van der Waals surface area contributed by atoms with Gasteiger partial charge in [-0.15, -0.1) is 0 Å². The maximum Gasteiger partial charge on any atom is 0.152 e. The molecule has 0 aliphatic carbocycles. The van der Waals surface area contributed by atoms with Crippen molar-refractivity contribution in [2.24, 2.45) is 0 Å². The van der Waals surface area contributed by atoms with Gasteiger partial charge in [-0.25, -0.2) is 4.39 Å². The minimum Gasteiger partial charge on any atom is -0.366 e. The van der Waals surface area contributed by atoms with Gasteiger partial charge in [-0.05, 0) is 12.1 Å². The van der Waals surface area contributed by atoms with Gasteiger partial charge in [0, 0.05) is 29.2 Å². The number of hydrogen-bond donors (Lipinski definition) is 0. The molecule has 0 spiro atoms. The average Bonchev–Trinajstić information content (AvgIpc) is 2.27. The number of aldehydes is 1. The van der Waals surface area contributed by atoms with Gasteiger partial charge in [-0.3, -0.25) is 4.79 Å². The normalized spacial score (nSPS) is 24.8. The molecule has 4 heteroatoms. The number of hydrogen-bond acceptors (Lipinski definition) is 3. The molecule has 1 aliphatic heterocycles. The molecule has 1 aliphatic rings. The van der Waals surface area contributed by atoms with Crippen LogP contribution in [0.15, 0.2) is 18.2 Å². The molecule has 17 heavy (non-hydrogen) atoms. The molecule has 2 unspecified atom stereocenters. The number of carbonyl (C=O) groups is 1. The Labute approximate surface area is 105 Å². The molecule has 0 radical (unpaired) electrons. The van der Waals surface area contributed by atoms with Crippen molar-refractivity contribution in [2.45, 2.75) is 24.3 Å². The van der Waals surface area contributed by atoms with E-state index in [4.69, 9.17) is 0 Å². The molecule has 0 amide bonds. The van der Waals surface area contributed by atoms with Crippen LogP contribution >= 0.6 is 11.8 Å². The van der Waals surface area contributed by atoms with E-state index in [-0.39, 0.29) is 5.82 Å². The zero-order chi connectivity index (χ0) is 12.4. The van der Waals surface area contributed by atoms with Crippen LogP contribution in [0.1, 0.15) is 24.2 Å². The van der Waals surface area contributed by atoms with Crippen LogP contribution in [0, 0.1) is 5.82 Å². The van der Waals surface area contributed by atoms with Crippen LogP contribution in [0.3, 0.4) is 0 Å². The van der Waals surface area contributed by atoms with E-state index in [0.717, 1.165) is 19.4 Å². The predicted octanol–water partition coefficient (Wildman–Crippen LogP) is 2.97. The Balaban J connectivity index is 2.35. The SMILES string of the molecule is CC1CN(c2c(F)cccc2C=O)CC(C)S1. The average molecular weight is 253 g/mol. The quantitative estimate of drug-likeness (QED) is 0.756. The third-order valence-electron chi connectivity index (χ3n) is 2.88. The van der Waals surface area contributed by atoms with Crippen molar-refractivity contribution in [1.82, 2.24) is 0 Å². The fraction of sp³-hybridized carbons (Fsp3) is 0.462. The Morgan fingerprint density at radius 3 is 2.59 bits per heavy atom. The van der Waals surface area contributed by atoms with Gasteiger partial charge in [0.25, 0.3) is 0 Å². The first-order valence-electron chi connectivity index (χ1n) is 5.76. The Hall–Kier alpha value is -1.03. The number of thioether (sulfide) groups is 1. The summed E-state index contributed by atoms with van der Waals surface area (Å²) in [6, 6.07) is 4.66. The van der Waals surface area contributed by atoms with Gasteiger partial charge in [-0.1, -0.05) is 19.9 Å². The molecule has 92 valence electrons. The third-order valence-corrected chi connectivity index (χ3v) is 4.11. The van der Waals surface area contributed by atoms with Gasteiger partial charge in [0.2, 0.25) is 0 Å². The van der Waals surface area contributed by atoms with Gasteiger partial charge in [0.1, 0.15) is 5.82 Å². The summed E-state index contributed by atoms with van der Waals surface area (Å²) in [6.07, 6.45) is 0.732. The number of carbonyl (C=O) groups excluding carboxylic acids is 1. The minimum atomic E-state index is -0.305. The fourth-order valence-corrected chi connectivity index (χ4v) is 3.65. The van der Waals surface area contributed by atoms with Gasteiger partial charge in [0.05, 0.1) is 5.69 Å².